The number of hydrogen-bond donors (Lipinski definition) is 1. The minimum atomic E-state index is 0.350. The molecule has 0 spiro atoms. The second-order valence-electron chi connectivity index (χ2n) is 4.42. The Morgan fingerprint density at radius 1 is 1.57 bits per heavy atom. The van der Waals surface area contributed by atoms with E-state index < -0.39 is 0 Å². The molecule has 0 saturated carbocycles. The lowest BCUT2D eigenvalue weighted by molar-refractivity contribution is -0.118. The number of carbonyl (C=O) groups is 1. The van der Waals surface area contributed by atoms with Crippen molar-refractivity contribution < 1.29 is 4.79 Å². The highest BCUT2D eigenvalue weighted by molar-refractivity contribution is 5.80. The van der Waals surface area contributed by atoms with E-state index in [2.05, 4.69) is 11.9 Å². The lowest BCUT2D eigenvalue weighted by Gasteiger charge is -2.22. The van der Waals surface area contributed by atoms with Gasteiger partial charge in [-0.3, -0.25) is 4.79 Å². The van der Waals surface area contributed by atoms with Gasteiger partial charge in [-0.05, 0) is 45.2 Å². The summed E-state index contributed by atoms with van der Waals surface area (Å²) in [6, 6.07) is 0. The molecule has 0 aromatic carbocycles. The molecule has 14 heavy (non-hydrogen) atoms. The first kappa shape index (κ1) is 11.4. The zero-order chi connectivity index (χ0) is 10.4. The van der Waals surface area contributed by atoms with Crippen molar-refractivity contribution in [1.29, 1.82) is 0 Å². The van der Waals surface area contributed by atoms with Gasteiger partial charge in [0.1, 0.15) is 5.78 Å². The highest BCUT2D eigenvalue weighted by Crippen LogP contribution is 2.16. The minimum Gasteiger partial charge on any atom is -0.316 e. The van der Waals surface area contributed by atoms with Gasteiger partial charge in [0.25, 0.3) is 0 Å². The van der Waals surface area contributed by atoms with E-state index in [0.29, 0.717) is 12.2 Å². The van der Waals surface area contributed by atoms with Crippen LogP contribution in [0.1, 0.15) is 39.0 Å². The van der Waals surface area contributed by atoms with Gasteiger partial charge in [0, 0.05) is 12.8 Å². The van der Waals surface area contributed by atoms with E-state index in [1.165, 1.54) is 12.8 Å². The molecule has 2 heteroatoms. The van der Waals surface area contributed by atoms with E-state index in [1.54, 1.807) is 0 Å². The summed E-state index contributed by atoms with van der Waals surface area (Å²) in [6.45, 7) is 7.92. The van der Waals surface area contributed by atoms with Crippen molar-refractivity contribution in [2.75, 3.05) is 13.1 Å². The van der Waals surface area contributed by atoms with Gasteiger partial charge in [-0.2, -0.15) is 0 Å². The van der Waals surface area contributed by atoms with Gasteiger partial charge in [-0.15, -0.1) is 0 Å². The maximum Gasteiger partial charge on any atom is 0.136 e. The largest absolute Gasteiger partial charge is 0.316 e. The maximum absolute atomic E-state index is 11.4. The molecule has 0 aromatic heterocycles. The number of rotatable bonds is 5. The van der Waals surface area contributed by atoms with Crippen LogP contribution in [0.15, 0.2) is 12.2 Å². The van der Waals surface area contributed by atoms with Gasteiger partial charge in [0.2, 0.25) is 0 Å². The fraction of sp³-hybridized carbons (Fsp3) is 0.750. The molecule has 1 aliphatic rings. The third-order valence-corrected chi connectivity index (χ3v) is 2.73. The van der Waals surface area contributed by atoms with Gasteiger partial charge in [-0.25, -0.2) is 0 Å². The first-order chi connectivity index (χ1) is 6.68. The molecule has 1 rings (SSSR count). The van der Waals surface area contributed by atoms with E-state index in [4.69, 9.17) is 0 Å². The van der Waals surface area contributed by atoms with Crippen LogP contribution in [0, 0.1) is 5.92 Å². The Balaban J connectivity index is 2.12. The van der Waals surface area contributed by atoms with E-state index in [1.807, 2.05) is 6.92 Å². The quantitative estimate of drug-likeness (QED) is 0.682. The monoisotopic (exact) mass is 195 g/mol. The number of ketones is 1. The number of nitrogens with one attached hydrogen (secondary N) is 1. The summed E-state index contributed by atoms with van der Waals surface area (Å²) in [7, 11) is 0. The normalized spacial score (nSPS) is 21.9. The molecule has 1 fully saturated rings. The fourth-order valence-corrected chi connectivity index (χ4v) is 1.96. The number of carbonyl (C=O) groups excluding carboxylic acids is 1. The van der Waals surface area contributed by atoms with Crippen molar-refractivity contribution in [1.82, 2.24) is 5.32 Å². The lowest BCUT2D eigenvalue weighted by atomic mass is 9.93. The molecule has 0 aliphatic carbocycles. The minimum absolute atomic E-state index is 0.350. The Bertz CT molecular complexity index is 204. The summed E-state index contributed by atoms with van der Waals surface area (Å²) in [5, 5.41) is 3.37. The van der Waals surface area contributed by atoms with Crippen LogP contribution >= 0.6 is 0 Å². The van der Waals surface area contributed by atoms with Crippen molar-refractivity contribution in [2.24, 2.45) is 5.92 Å². The Kier molecular flexibility index (Phi) is 4.88. The maximum atomic E-state index is 11.4. The van der Waals surface area contributed by atoms with Crippen LogP contribution in [0.2, 0.25) is 0 Å². The Morgan fingerprint density at radius 2 is 2.36 bits per heavy atom. The highest BCUT2D eigenvalue weighted by atomic mass is 16.1. The van der Waals surface area contributed by atoms with E-state index in [9.17, 15) is 4.79 Å². The zero-order valence-corrected chi connectivity index (χ0v) is 9.14. The van der Waals surface area contributed by atoms with Crippen LogP contribution in [0.5, 0.6) is 0 Å². The van der Waals surface area contributed by atoms with Crippen LogP contribution in [-0.2, 0) is 4.79 Å². The summed E-state index contributed by atoms with van der Waals surface area (Å²) < 4.78 is 0. The van der Waals surface area contributed by atoms with Crippen LogP contribution in [-0.4, -0.2) is 18.9 Å². The molecule has 1 heterocycles. The average molecular weight is 195 g/mol. The first-order valence-electron chi connectivity index (χ1n) is 5.55. The van der Waals surface area contributed by atoms with Gasteiger partial charge < -0.3 is 5.32 Å². The van der Waals surface area contributed by atoms with Crippen LogP contribution in [0.3, 0.4) is 0 Å². The molecule has 1 N–H and O–H groups in total. The molecular formula is C12H21NO. The standard InChI is InChI=1S/C12H21NO/c1-10(2)8-12(14)6-5-11-4-3-7-13-9-11/h11,13H,1,3-9H2,2H3. The fourth-order valence-electron chi connectivity index (χ4n) is 1.96. The molecule has 80 valence electrons. The summed E-state index contributed by atoms with van der Waals surface area (Å²) in [6.07, 6.45) is 4.91. The molecule has 2 nitrogen and oxygen atoms in total. The predicted octanol–water partition coefficient (Wildman–Crippen LogP) is 2.30. The first-order valence-corrected chi connectivity index (χ1v) is 5.55. The Morgan fingerprint density at radius 3 is 2.93 bits per heavy atom. The Labute approximate surface area is 86.8 Å². The molecule has 1 aliphatic heterocycles. The van der Waals surface area contributed by atoms with E-state index >= 15 is 0 Å². The second kappa shape index (κ2) is 5.97. The number of allylic oxidation sites excluding steroid dienone is 1. The number of piperidine rings is 1. The smallest absolute Gasteiger partial charge is 0.136 e. The van der Waals surface area contributed by atoms with Crippen LogP contribution in [0.25, 0.3) is 0 Å². The highest BCUT2D eigenvalue weighted by Gasteiger charge is 2.14. The Hall–Kier alpha value is -0.630. The molecule has 0 radical (unpaired) electrons. The SMILES string of the molecule is C=C(C)CC(=O)CCC1CCCNC1. The van der Waals surface area contributed by atoms with Gasteiger partial charge in [0.05, 0.1) is 0 Å². The van der Waals surface area contributed by atoms with Crippen molar-refractivity contribution in [2.45, 2.75) is 39.0 Å². The van der Waals surface area contributed by atoms with Crippen LogP contribution in [0.4, 0.5) is 0 Å². The molecule has 1 saturated heterocycles. The summed E-state index contributed by atoms with van der Waals surface area (Å²) in [5.41, 5.74) is 0.983. The average Bonchev–Trinajstić information content (AvgIpc) is 2.15. The summed E-state index contributed by atoms with van der Waals surface area (Å²) >= 11 is 0. The molecule has 1 atom stereocenters. The molecule has 0 aromatic rings. The lowest BCUT2D eigenvalue weighted by Crippen LogP contribution is -2.30. The predicted molar refractivity (Wildman–Crippen MR) is 59.3 cm³/mol. The van der Waals surface area contributed by atoms with Gasteiger partial charge in [0.15, 0.2) is 0 Å². The van der Waals surface area contributed by atoms with Crippen LogP contribution < -0.4 is 5.32 Å². The molecule has 0 bridgehead atoms. The third-order valence-electron chi connectivity index (χ3n) is 2.73. The zero-order valence-electron chi connectivity index (χ0n) is 9.14. The topological polar surface area (TPSA) is 29.1 Å². The molecule has 1 unspecified atom stereocenters. The van der Waals surface area contributed by atoms with Crippen molar-refractivity contribution in [3.8, 4) is 0 Å². The van der Waals surface area contributed by atoms with Gasteiger partial charge in [-0.1, -0.05) is 12.2 Å². The third kappa shape index (κ3) is 4.56. The second-order valence-corrected chi connectivity index (χ2v) is 4.42. The van der Waals surface area contributed by atoms with Gasteiger partial charge >= 0.3 is 0 Å². The number of Topliss-reactive ketones (excluding diaryl/α,β-unsaturated/α-hetero) is 1. The summed E-state index contributed by atoms with van der Waals surface area (Å²) in [4.78, 5) is 11.4. The molecule has 0 amide bonds. The van der Waals surface area contributed by atoms with Crippen molar-refractivity contribution in [3.05, 3.63) is 12.2 Å². The summed E-state index contributed by atoms with van der Waals surface area (Å²) in [5.74, 6) is 1.07. The van der Waals surface area contributed by atoms with E-state index in [-0.39, 0.29) is 0 Å². The van der Waals surface area contributed by atoms with Crippen molar-refractivity contribution in [3.63, 3.8) is 0 Å². The van der Waals surface area contributed by atoms with E-state index in [0.717, 1.165) is 37.4 Å². The van der Waals surface area contributed by atoms with Crippen molar-refractivity contribution >= 4 is 5.78 Å². The molecular weight excluding hydrogens is 174 g/mol. The number of hydrogen-bond acceptors (Lipinski definition) is 2.